The fourth-order valence-corrected chi connectivity index (χ4v) is 3.72. The minimum Gasteiger partial charge on any atom is -0.465 e. The average Bonchev–Trinajstić information content (AvgIpc) is 4.09. The van der Waals surface area contributed by atoms with E-state index in [0.29, 0.717) is 19.8 Å². The molecule has 2 aromatic rings. The van der Waals surface area contributed by atoms with E-state index in [1.54, 1.807) is 76.3 Å². The Hall–Kier alpha value is -8.09. The first kappa shape index (κ1) is 74.9. The van der Waals surface area contributed by atoms with E-state index in [0.717, 1.165) is 4.57 Å². The van der Waals surface area contributed by atoms with Crippen LogP contribution in [0.2, 0.25) is 0 Å². The lowest BCUT2D eigenvalue weighted by atomic mass is 10.3. The van der Waals surface area contributed by atoms with Crippen molar-refractivity contribution in [3.8, 4) is 0 Å². The molecule has 4 amide bonds. The number of aromatic nitrogens is 4. The van der Waals surface area contributed by atoms with Crippen LogP contribution in [0.1, 0.15) is 83.1 Å². The highest BCUT2D eigenvalue weighted by Crippen LogP contribution is 2.01. The van der Waals surface area contributed by atoms with Crippen LogP contribution in [-0.4, -0.2) is 201 Å². The summed E-state index contributed by atoms with van der Waals surface area (Å²) in [6.07, 6.45) is 4.25. The maximum atomic E-state index is 11.8. The number of carbonyl (C=O) groups excluding carboxylic acids is 8. The maximum absolute atomic E-state index is 11.8. The number of likely N-dealkylation sites (N-methyl/N-ethyl adjacent to an activating group) is 2. The average molecular weight is 1070 g/mol. The van der Waals surface area contributed by atoms with E-state index in [4.69, 9.17) is 49.9 Å². The van der Waals surface area contributed by atoms with Crippen molar-refractivity contribution >= 4 is 66.2 Å². The van der Waals surface area contributed by atoms with Gasteiger partial charge in [0.2, 0.25) is 0 Å². The largest absolute Gasteiger partial charge is 0.503 e. The zero-order valence-corrected chi connectivity index (χ0v) is 44.2. The van der Waals surface area contributed by atoms with Gasteiger partial charge in [0.1, 0.15) is 48.9 Å². The Bertz CT molecular complexity index is 1910. The van der Waals surface area contributed by atoms with Crippen LogP contribution in [0.3, 0.4) is 0 Å². The quantitative estimate of drug-likeness (QED) is 0.0805. The zero-order valence-electron chi connectivity index (χ0n) is 44.2. The Kier molecular flexibility index (Phi) is 46.5. The van der Waals surface area contributed by atoms with Crippen LogP contribution >= 0.6 is 0 Å². The molecule has 6 atom stereocenters. The molecule has 0 aliphatic rings. The smallest absolute Gasteiger partial charge is 0.465 e. The molecule has 0 saturated heterocycles. The highest BCUT2D eigenvalue weighted by atomic mass is 16.6. The van der Waals surface area contributed by atoms with Crippen molar-refractivity contribution in [3.05, 3.63) is 37.4 Å². The lowest BCUT2D eigenvalue weighted by Crippen LogP contribution is -2.50. The van der Waals surface area contributed by atoms with Crippen molar-refractivity contribution in [2.45, 2.75) is 119 Å². The number of carboxylic acid groups (broad SMARTS) is 4. The third-order valence-electron chi connectivity index (χ3n) is 7.67. The molecule has 0 aromatic carbocycles. The number of carbonyl (C=O) groups is 11. The molecule has 0 fully saturated rings. The normalized spacial score (nSPS) is 11.8. The number of urea groups is 1. The minimum atomic E-state index is -1.83. The number of hydrogen-bond donors (Lipinski definition) is 9. The molecule has 31 nitrogen and oxygen atoms in total. The van der Waals surface area contributed by atoms with Crippen molar-refractivity contribution < 1.29 is 102 Å². The molecule has 2 heterocycles. The Labute approximate surface area is 428 Å². The predicted molar refractivity (Wildman–Crippen MR) is 260 cm³/mol. The molecule has 0 spiro atoms. The fraction of sp³-hybridized carbons (Fsp3) is 0.605. The number of imidazole rings is 2. The number of nitrogens with zero attached hydrogens (tertiary/aromatic N) is 5. The Morgan fingerprint density at radius 3 is 1.14 bits per heavy atom. The molecule has 6 unspecified atom stereocenters. The lowest BCUT2D eigenvalue weighted by Gasteiger charge is -2.25. The molecule has 0 bridgehead atoms. The van der Waals surface area contributed by atoms with Gasteiger partial charge in [-0.3, -0.25) is 14.2 Å². The van der Waals surface area contributed by atoms with Crippen molar-refractivity contribution in [1.82, 2.24) is 45.3 Å². The summed E-state index contributed by atoms with van der Waals surface area (Å²) >= 11 is 0. The summed E-state index contributed by atoms with van der Waals surface area (Å²) in [5.74, 6) is -2.56. The molecular formula is C43H76N10O21. The summed E-state index contributed by atoms with van der Waals surface area (Å²) < 4.78 is 30.3. The number of nitrogens with one attached hydrogen (secondary N) is 4. The number of ether oxygens (including phenoxy) is 6. The fourth-order valence-electron chi connectivity index (χ4n) is 3.72. The number of amides is 4. The topological polar surface area (TPSA) is 437 Å². The van der Waals surface area contributed by atoms with Gasteiger partial charge in [-0.05, 0) is 90.1 Å². The minimum absolute atomic E-state index is 0.190. The van der Waals surface area contributed by atoms with E-state index < -0.39 is 84.5 Å². The van der Waals surface area contributed by atoms with Crippen molar-refractivity contribution in [2.24, 2.45) is 5.73 Å². The van der Waals surface area contributed by atoms with Crippen LogP contribution in [0.15, 0.2) is 37.4 Å². The lowest BCUT2D eigenvalue weighted by molar-refractivity contribution is -0.148. The Morgan fingerprint density at radius 1 is 0.527 bits per heavy atom. The van der Waals surface area contributed by atoms with Crippen LogP contribution in [0.25, 0.3) is 0 Å². The second kappa shape index (κ2) is 46.0. The van der Waals surface area contributed by atoms with Crippen molar-refractivity contribution in [1.29, 1.82) is 0 Å². The highest BCUT2D eigenvalue weighted by molar-refractivity contribution is 5.87. The van der Waals surface area contributed by atoms with E-state index in [-0.39, 0.29) is 37.8 Å². The van der Waals surface area contributed by atoms with E-state index in [1.165, 1.54) is 67.8 Å². The van der Waals surface area contributed by atoms with E-state index >= 15 is 0 Å². The van der Waals surface area contributed by atoms with Gasteiger partial charge in [-0.2, -0.15) is 0 Å². The molecule has 0 saturated carbocycles. The van der Waals surface area contributed by atoms with Gasteiger partial charge in [0, 0.05) is 31.8 Å². The third kappa shape index (κ3) is 41.7. The number of esters is 6. The summed E-state index contributed by atoms with van der Waals surface area (Å²) in [5, 5.41) is 40.0. The Morgan fingerprint density at radius 2 is 0.851 bits per heavy atom. The van der Waals surface area contributed by atoms with Gasteiger partial charge in [0.15, 0.2) is 0 Å². The van der Waals surface area contributed by atoms with E-state index in [1.807, 2.05) is 5.32 Å². The van der Waals surface area contributed by atoms with Gasteiger partial charge >= 0.3 is 66.2 Å². The van der Waals surface area contributed by atoms with Crippen LogP contribution in [-0.2, 0) is 57.2 Å². The van der Waals surface area contributed by atoms with Gasteiger partial charge in [0.05, 0.1) is 39.6 Å². The summed E-state index contributed by atoms with van der Waals surface area (Å²) in [6, 6.07) is -4.60. The standard InChI is InChI=1S/C12H22N2O5.C9H13N3O3.C6H11NO4.C6H13NO2.C5H11NO2.C4H4N2O2.CH2O3/c1-6-18-10(15)8(3)13-12(17)14(5)9(4)11(16)19-7-2;1-3-15-8(13)7(2)11-9(14)12-5-4-10-6-12;1-3-11-5(8)4(2)7-6(9)10;1-4-9-6(8)5(2)7-3;1-3-8-5(7)4(2)6;7-4(8)6-2-1-5-3-6;2-1(3)4/h8-9H,6-7H2,1-5H3,(H,13,17);4-7H,3H2,1-2H3,(H,11,14);4,7H,3H2,1-2H3,(H,9,10);5,7H,4H2,1-3H3;4H,3,6H2,1-2H3;1-3H,(H,7,8);(H2,2,3,4). The van der Waals surface area contributed by atoms with Crippen LogP contribution in [0.4, 0.5) is 24.0 Å². The monoisotopic (exact) mass is 1070 g/mol. The highest BCUT2D eigenvalue weighted by Gasteiger charge is 2.26. The third-order valence-corrected chi connectivity index (χ3v) is 7.67. The number of rotatable bonds is 17. The SMILES string of the molecule is CCOC(=O)C(C)N.CCOC(=O)C(C)NC.CCOC(=O)C(C)NC(=O)N(C)C(C)C(=O)OCC.CCOC(=O)C(C)NC(=O)O.CCOC(=O)C(C)NC(=O)n1ccnc1.O=C(O)O.O=C(O)n1ccnc1. The number of hydrogen-bond acceptors (Lipinski definition) is 21. The summed E-state index contributed by atoms with van der Waals surface area (Å²) in [4.78, 5) is 126. The van der Waals surface area contributed by atoms with Gasteiger partial charge in [-0.1, -0.05) is 0 Å². The molecule has 74 heavy (non-hydrogen) atoms. The van der Waals surface area contributed by atoms with Gasteiger partial charge in [-0.15, -0.1) is 0 Å². The first-order valence-corrected chi connectivity index (χ1v) is 22.4. The molecule has 2 aromatic heterocycles. The van der Waals surface area contributed by atoms with Crippen molar-refractivity contribution in [2.75, 3.05) is 53.7 Å². The second-order valence-corrected chi connectivity index (χ2v) is 13.6. The predicted octanol–water partition coefficient (Wildman–Crippen LogP) is 1.81. The first-order chi connectivity index (χ1) is 34.5. The molecule has 2 rings (SSSR count). The van der Waals surface area contributed by atoms with Crippen LogP contribution in [0, 0.1) is 0 Å². The van der Waals surface area contributed by atoms with E-state index in [9.17, 15) is 47.9 Å². The maximum Gasteiger partial charge on any atom is 0.503 e. The molecule has 0 radical (unpaired) electrons. The molecule has 10 N–H and O–H groups in total. The number of nitrogens with two attached hydrogens (primary N) is 1. The van der Waals surface area contributed by atoms with Crippen molar-refractivity contribution in [3.63, 3.8) is 0 Å². The molecular weight excluding hydrogens is 993 g/mol. The summed E-state index contributed by atoms with van der Waals surface area (Å²) in [5.41, 5.74) is 5.15. The zero-order chi connectivity index (χ0) is 58.5. The molecule has 0 aliphatic carbocycles. The second-order valence-electron chi connectivity index (χ2n) is 13.6. The Balaban J connectivity index is -0.000000261. The summed E-state index contributed by atoms with van der Waals surface area (Å²) in [7, 11) is 3.18. The molecule has 31 heteroatoms. The summed E-state index contributed by atoms with van der Waals surface area (Å²) in [6.45, 7) is 21.6. The van der Waals surface area contributed by atoms with E-state index in [2.05, 4.69) is 35.4 Å². The van der Waals surface area contributed by atoms with Gasteiger partial charge in [-0.25, -0.2) is 57.7 Å². The van der Waals surface area contributed by atoms with Crippen LogP contribution in [0.5, 0.6) is 0 Å². The molecule has 0 aliphatic heterocycles. The molecule has 424 valence electrons. The first-order valence-electron chi connectivity index (χ1n) is 22.4. The van der Waals surface area contributed by atoms with Gasteiger partial charge in [0.25, 0.3) is 0 Å². The van der Waals surface area contributed by atoms with Crippen LogP contribution < -0.4 is 27.0 Å². The van der Waals surface area contributed by atoms with Gasteiger partial charge < -0.3 is 80.7 Å².